The molecular weight excluding hydrogens is 681 g/mol. The number of methoxy groups -OCH3 is 2. The minimum Gasteiger partial charge on any atom is -0.379 e. The number of nitrogens with zero attached hydrogens (tertiary/aromatic N) is 3. The van der Waals surface area contributed by atoms with E-state index in [1.165, 1.54) is 0 Å². The number of hydrogen-bond donors (Lipinski definition) is 4. The van der Waals surface area contributed by atoms with Gasteiger partial charge in [0.1, 0.15) is 17.3 Å². The number of aliphatic hydroxyl groups excluding tert-OH is 1. The van der Waals surface area contributed by atoms with Gasteiger partial charge in [-0.3, -0.25) is 19.7 Å². The van der Waals surface area contributed by atoms with Gasteiger partial charge in [0.15, 0.2) is 0 Å². The first-order valence-electron chi connectivity index (χ1n) is 18.6. The summed E-state index contributed by atoms with van der Waals surface area (Å²) in [7, 11) is 4.92. The maximum Gasteiger partial charge on any atom is 0.245 e. The third-order valence-electron chi connectivity index (χ3n) is 10.6. The van der Waals surface area contributed by atoms with Crippen molar-refractivity contribution in [3.05, 3.63) is 52.5 Å². The summed E-state index contributed by atoms with van der Waals surface area (Å²) in [5, 5.41) is 20.7. The van der Waals surface area contributed by atoms with Crippen LogP contribution >= 0.6 is 11.3 Å². The molecule has 292 valence electrons. The molecule has 1 aromatic carbocycles. The fourth-order valence-corrected chi connectivity index (χ4v) is 7.95. The first kappa shape index (κ1) is 43.5. The fourth-order valence-electron chi connectivity index (χ4n) is 7.26. The predicted molar refractivity (Wildman–Crippen MR) is 205 cm³/mol. The molecule has 1 aromatic heterocycles. The molecule has 5 N–H and O–H groups in total. The van der Waals surface area contributed by atoms with Gasteiger partial charge in [-0.15, -0.1) is 11.3 Å². The number of carbonyl (C=O) groups excluding carboxylic acids is 3. The standard InChI is InChI=1S/C39H64N6O6S/c1-11-25(4)33(44(8)37(48)32(24(2)3)43-38(49)39(6,7)40)30(50-9)23-31(46)45-20-15-18-29(45)34(51-10)26(5)35(47)42-28(36-41-19-21-52-36)22-27-16-13-12-14-17-27/h12-14,16-17,19,21,24-26,28-30,32-35,42,47H,11,15,18,20,22-23,40H2,1-10H3,(H,43,49)/t25-,26+,28-,29-,30+,32-,33-,34+,35?/m0/s1. The maximum absolute atomic E-state index is 14.2. The van der Waals surface area contributed by atoms with Crippen LogP contribution in [0.2, 0.25) is 0 Å². The van der Waals surface area contributed by atoms with Gasteiger partial charge in [-0.05, 0) is 50.5 Å². The smallest absolute Gasteiger partial charge is 0.245 e. The first-order valence-corrected chi connectivity index (χ1v) is 19.5. The van der Waals surface area contributed by atoms with E-state index in [1.54, 1.807) is 57.5 Å². The Morgan fingerprint density at radius 3 is 2.35 bits per heavy atom. The van der Waals surface area contributed by atoms with Gasteiger partial charge in [-0.25, -0.2) is 4.98 Å². The van der Waals surface area contributed by atoms with Crippen LogP contribution in [0.25, 0.3) is 0 Å². The van der Waals surface area contributed by atoms with Crippen LogP contribution in [0.3, 0.4) is 0 Å². The summed E-state index contributed by atoms with van der Waals surface area (Å²) in [5.74, 6) is -1.33. The second-order valence-corrected chi connectivity index (χ2v) is 16.2. The quantitative estimate of drug-likeness (QED) is 0.146. The summed E-state index contributed by atoms with van der Waals surface area (Å²) < 4.78 is 12.1. The summed E-state index contributed by atoms with van der Waals surface area (Å²) in [5.41, 5.74) is 6.02. The molecule has 0 spiro atoms. The first-order chi connectivity index (χ1) is 24.5. The predicted octanol–water partition coefficient (Wildman–Crippen LogP) is 4.13. The molecule has 0 bridgehead atoms. The fraction of sp³-hybridized carbons (Fsp3) is 0.692. The molecule has 9 atom stereocenters. The highest BCUT2D eigenvalue weighted by molar-refractivity contribution is 7.09. The number of amides is 3. The van der Waals surface area contributed by atoms with Gasteiger partial charge < -0.3 is 35.4 Å². The van der Waals surface area contributed by atoms with E-state index in [4.69, 9.17) is 15.2 Å². The minimum absolute atomic E-state index is 0.00910. The lowest BCUT2D eigenvalue weighted by Gasteiger charge is -2.41. The average Bonchev–Trinajstić information content (AvgIpc) is 3.83. The average molecular weight is 745 g/mol. The number of nitrogens with two attached hydrogens (primary N) is 1. The molecule has 0 saturated carbocycles. The zero-order valence-electron chi connectivity index (χ0n) is 32.9. The van der Waals surface area contributed by atoms with Crippen LogP contribution in [-0.4, -0.2) is 108 Å². The van der Waals surface area contributed by atoms with Crippen molar-refractivity contribution in [1.29, 1.82) is 0 Å². The van der Waals surface area contributed by atoms with E-state index in [2.05, 4.69) is 27.8 Å². The number of thiazole rings is 1. The number of aromatic nitrogens is 1. The Morgan fingerprint density at radius 2 is 1.81 bits per heavy atom. The summed E-state index contributed by atoms with van der Waals surface area (Å²) in [4.78, 5) is 49.1. The van der Waals surface area contributed by atoms with E-state index in [1.807, 2.05) is 63.1 Å². The van der Waals surface area contributed by atoms with Crippen molar-refractivity contribution in [2.45, 2.75) is 129 Å². The maximum atomic E-state index is 14.2. The Morgan fingerprint density at radius 1 is 1.13 bits per heavy atom. The number of aliphatic hydroxyl groups is 1. The molecule has 1 aliphatic rings. The molecule has 1 unspecified atom stereocenters. The monoisotopic (exact) mass is 744 g/mol. The van der Waals surface area contributed by atoms with Crippen LogP contribution in [0.1, 0.15) is 90.8 Å². The van der Waals surface area contributed by atoms with E-state index < -0.39 is 42.0 Å². The molecule has 3 rings (SSSR count). The van der Waals surface area contributed by atoms with E-state index in [-0.39, 0.29) is 48.1 Å². The highest BCUT2D eigenvalue weighted by Gasteiger charge is 2.43. The number of nitrogens with one attached hydrogen (secondary N) is 2. The van der Waals surface area contributed by atoms with Crippen LogP contribution in [0.5, 0.6) is 0 Å². The van der Waals surface area contributed by atoms with Gasteiger partial charge >= 0.3 is 0 Å². The molecule has 1 aliphatic heterocycles. The second kappa shape index (κ2) is 19.9. The largest absolute Gasteiger partial charge is 0.379 e. The normalized spacial score (nSPS) is 19.7. The molecule has 2 aromatic rings. The van der Waals surface area contributed by atoms with Crippen molar-refractivity contribution in [3.63, 3.8) is 0 Å². The third kappa shape index (κ3) is 11.3. The van der Waals surface area contributed by atoms with Crippen LogP contribution in [0, 0.1) is 17.8 Å². The molecule has 0 aliphatic carbocycles. The second-order valence-electron chi connectivity index (χ2n) is 15.3. The van der Waals surface area contributed by atoms with Crippen LogP contribution in [0.15, 0.2) is 41.9 Å². The summed E-state index contributed by atoms with van der Waals surface area (Å²) in [6, 6.07) is 8.42. The Kier molecular flexibility index (Phi) is 16.7. The summed E-state index contributed by atoms with van der Waals surface area (Å²) in [6.45, 7) is 13.6. The molecule has 2 heterocycles. The van der Waals surface area contributed by atoms with Crippen LogP contribution in [-0.2, 0) is 30.3 Å². The molecule has 3 amide bonds. The van der Waals surface area contributed by atoms with Gasteiger partial charge in [0.2, 0.25) is 17.7 Å². The van der Waals surface area contributed by atoms with Crippen molar-refractivity contribution in [3.8, 4) is 0 Å². The van der Waals surface area contributed by atoms with E-state index in [0.29, 0.717) is 13.0 Å². The number of benzene rings is 1. The highest BCUT2D eigenvalue weighted by Crippen LogP contribution is 2.31. The van der Waals surface area contributed by atoms with E-state index in [9.17, 15) is 19.5 Å². The molecule has 52 heavy (non-hydrogen) atoms. The topological polar surface area (TPSA) is 159 Å². The van der Waals surface area contributed by atoms with E-state index >= 15 is 0 Å². The summed E-state index contributed by atoms with van der Waals surface area (Å²) >= 11 is 1.54. The molecule has 0 radical (unpaired) electrons. The van der Waals surface area contributed by atoms with Crippen molar-refractivity contribution >= 4 is 29.1 Å². The van der Waals surface area contributed by atoms with Gasteiger partial charge in [-0.2, -0.15) is 0 Å². The summed E-state index contributed by atoms with van der Waals surface area (Å²) in [6.07, 6.45) is 2.80. The number of rotatable bonds is 20. The zero-order valence-corrected chi connectivity index (χ0v) is 33.7. The van der Waals surface area contributed by atoms with Crippen molar-refractivity contribution in [2.24, 2.45) is 23.5 Å². The SMILES string of the molecule is CC[C@H](C)[C@@H]([C@@H](CC(=O)N1CCC[C@H]1[C@H](OC)[C@@H](C)C(O)N[C@@H](Cc1ccccc1)c1nccs1)OC)N(C)C(=O)[C@@H](NC(=O)C(C)(C)N)C(C)C. The number of ether oxygens (including phenoxy) is 2. The minimum atomic E-state index is -1.15. The third-order valence-corrected chi connectivity index (χ3v) is 11.5. The Labute approximate surface area is 315 Å². The van der Waals surface area contributed by atoms with Crippen LogP contribution < -0.4 is 16.4 Å². The Balaban J connectivity index is 1.78. The van der Waals surface area contributed by atoms with Gasteiger partial charge in [-0.1, -0.05) is 71.4 Å². The van der Waals surface area contributed by atoms with Crippen molar-refractivity contribution in [2.75, 3.05) is 27.8 Å². The lowest BCUT2D eigenvalue weighted by molar-refractivity contribution is -0.147. The highest BCUT2D eigenvalue weighted by atomic mass is 32.1. The van der Waals surface area contributed by atoms with Crippen molar-refractivity contribution in [1.82, 2.24) is 25.4 Å². The molecule has 1 saturated heterocycles. The number of hydrogen-bond acceptors (Lipinski definition) is 10. The molecule has 13 heteroatoms. The number of carbonyl (C=O) groups is 3. The molecule has 1 fully saturated rings. The van der Waals surface area contributed by atoms with Crippen LogP contribution in [0.4, 0.5) is 0 Å². The van der Waals surface area contributed by atoms with Crippen molar-refractivity contribution < 1.29 is 29.0 Å². The molecular formula is C39H64N6O6S. The molecule has 12 nitrogen and oxygen atoms in total. The Hall–Kier alpha value is -2.94. The lowest BCUT2D eigenvalue weighted by Crippen LogP contribution is -2.60. The number of likely N-dealkylation sites (tertiary alicyclic amines) is 1. The lowest BCUT2D eigenvalue weighted by atomic mass is 9.89. The van der Waals surface area contributed by atoms with Gasteiger partial charge in [0.05, 0.1) is 42.3 Å². The van der Waals surface area contributed by atoms with E-state index in [0.717, 1.165) is 29.8 Å². The Bertz CT molecular complexity index is 1390. The zero-order chi connectivity index (χ0) is 38.7. The van der Waals surface area contributed by atoms with Gasteiger partial charge in [0.25, 0.3) is 0 Å². The number of likely N-dealkylation sites (N-methyl/N-ethyl adjacent to an activating group) is 1. The van der Waals surface area contributed by atoms with Gasteiger partial charge in [0, 0.05) is 45.3 Å².